The molecule has 0 saturated heterocycles. The van der Waals surface area contributed by atoms with Crippen molar-refractivity contribution >= 4 is 21.6 Å². The van der Waals surface area contributed by atoms with Crippen molar-refractivity contribution in [2.75, 3.05) is 30.6 Å². The Bertz CT molecular complexity index is 1120. The largest absolute Gasteiger partial charge is 0.484 e. The molecular weight excluding hydrogens is 452 g/mol. The molecule has 1 aromatic carbocycles. The van der Waals surface area contributed by atoms with Crippen LogP contribution in [0.3, 0.4) is 0 Å². The van der Waals surface area contributed by atoms with Crippen LogP contribution in [0.2, 0.25) is 0 Å². The lowest BCUT2D eigenvalue weighted by Gasteiger charge is -2.35. The first-order valence-corrected chi connectivity index (χ1v) is 12.1. The predicted octanol–water partition coefficient (Wildman–Crippen LogP) is 0.233. The van der Waals surface area contributed by atoms with E-state index in [1.807, 2.05) is 0 Å². The van der Waals surface area contributed by atoms with Crippen LogP contribution in [0.4, 0.5) is 5.69 Å². The molecule has 1 fully saturated rings. The fraction of sp³-hybridized carbons (Fsp3) is 0.524. The zero-order valence-electron chi connectivity index (χ0n) is 18.4. The van der Waals surface area contributed by atoms with Crippen LogP contribution >= 0.6 is 0 Å². The molecule has 2 heterocycles. The lowest BCUT2D eigenvalue weighted by atomic mass is 10.1. The summed E-state index contributed by atoms with van der Waals surface area (Å²) >= 11 is 0. The van der Waals surface area contributed by atoms with Gasteiger partial charge < -0.3 is 25.0 Å². The minimum atomic E-state index is -4.14. The molecule has 1 amide bonds. The molecule has 12 heteroatoms. The van der Waals surface area contributed by atoms with E-state index in [0.717, 1.165) is 12.8 Å². The number of carbonyl (C=O) groups is 1. The van der Waals surface area contributed by atoms with Gasteiger partial charge in [-0.15, -0.1) is 5.10 Å². The number of sulfonamides is 1. The molecule has 2 aromatic rings. The molecule has 0 unspecified atom stereocenters. The van der Waals surface area contributed by atoms with Gasteiger partial charge in [0.15, 0.2) is 4.90 Å². The zero-order valence-corrected chi connectivity index (χ0v) is 19.2. The molecule has 179 valence electrons. The molecule has 1 aliphatic heterocycles. The van der Waals surface area contributed by atoms with Crippen LogP contribution in [0.1, 0.15) is 32.7 Å². The van der Waals surface area contributed by atoms with Crippen LogP contribution in [0.15, 0.2) is 29.3 Å². The van der Waals surface area contributed by atoms with Gasteiger partial charge in [-0.1, -0.05) is 6.07 Å². The number of nitrogens with one attached hydrogen (secondary N) is 1. The summed E-state index contributed by atoms with van der Waals surface area (Å²) in [5.41, 5.74) is -1.28. The number of benzene rings is 1. The minimum Gasteiger partial charge on any atom is -0.484 e. The van der Waals surface area contributed by atoms with Crippen LogP contribution in [-0.2, 0) is 14.8 Å². The molecule has 1 aliphatic carbocycles. The van der Waals surface area contributed by atoms with Crippen molar-refractivity contribution in [3.05, 3.63) is 30.5 Å². The molecule has 11 nitrogen and oxygen atoms in total. The highest BCUT2D eigenvalue weighted by Crippen LogP contribution is 2.40. The second kappa shape index (κ2) is 8.84. The third-order valence-corrected chi connectivity index (χ3v) is 7.03. The monoisotopic (exact) mass is 479 g/mol. The summed E-state index contributed by atoms with van der Waals surface area (Å²) < 4.78 is 41.6. The van der Waals surface area contributed by atoms with Crippen LogP contribution in [0, 0.1) is 6.07 Å². The molecule has 4 rings (SSSR count). The van der Waals surface area contributed by atoms with Gasteiger partial charge in [0, 0.05) is 6.20 Å². The Morgan fingerprint density at radius 2 is 2.18 bits per heavy atom. The topological polar surface area (TPSA) is 143 Å². The Kier molecular flexibility index (Phi) is 6.25. The van der Waals surface area contributed by atoms with E-state index in [9.17, 15) is 18.3 Å². The van der Waals surface area contributed by atoms with Gasteiger partial charge in [0.2, 0.25) is 0 Å². The molecule has 0 spiro atoms. The number of fused-ring (bicyclic) bond motifs is 1. The second-order valence-corrected chi connectivity index (χ2v) is 10.4. The summed E-state index contributed by atoms with van der Waals surface area (Å²) in [5.74, 6) is -0.354. The maximum Gasteiger partial charge on any atom is 0.271 e. The van der Waals surface area contributed by atoms with E-state index in [1.165, 1.54) is 30.4 Å². The number of hydrogen-bond acceptors (Lipinski definition) is 8. The van der Waals surface area contributed by atoms with Crippen LogP contribution in [0.5, 0.6) is 11.6 Å². The number of carbonyl (C=O) groups excluding carboxylic acids is 1. The SMILES string of the molecule is CC(C)(O)C(=O)NC[C@H]1CN(S(=O)(=O)c2cn(C3CC3)nc2OCCO)c2c[c]ccc2O1. The molecule has 1 atom stereocenters. The fourth-order valence-corrected chi connectivity index (χ4v) is 4.94. The first kappa shape index (κ1) is 23.3. The number of aromatic nitrogens is 2. The van der Waals surface area contributed by atoms with Crippen LogP contribution in [-0.4, -0.2) is 72.3 Å². The maximum absolute atomic E-state index is 13.8. The summed E-state index contributed by atoms with van der Waals surface area (Å²) in [7, 11) is -4.14. The molecule has 2 aliphatic rings. The van der Waals surface area contributed by atoms with Crippen molar-refractivity contribution in [3.63, 3.8) is 0 Å². The smallest absolute Gasteiger partial charge is 0.271 e. The molecule has 33 heavy (non-hydrogen) atoms. The van der Waals surface area contributed by atoms with Gasteiger partial charge in [0.25, 0.3) is 21.8 Å². The number of rotatable bonds is 9. The third-order valence-electron chi connectivity index (χ3n) is 5.27. The maximum atomic E-state index is 13.8. The van der Waals surface area contributed by atoms with Gasteiger partial charge in [0.1, 0.15) is 24.1 Å². The van der Waals surface area contributed by atoms with Crippen molar-refractivity contribution in [2.24, 2.45) is 0 Å². The molecule has 1 saturated carbocycles. The number of nitrogens with zero attached hydrogens (tertiary/aromatic N) is 3. The Morgan fingerprint density at radius 3 is 2.85 bits per heavy atom. The quantitative estimate of drug-likeness (QED) is 0.464. The molecular formula is C21H27N4O7S. The van der Waals surface area contributed by atoms with E-state index < -0.39 is 27.6 Å². The van der Waals surface area contributed by atoms with E-state index in [0.29, 0.717) is 11.4 Å². The van der Waals surface area contributed by atoms with E-state index in [1.54, 1.807) is 16.8 Å². The van der Waals surface area contributed by atoms with Crippen LogP contribution in [0.25, 0.3) is 0 Å². The van der Waals surface area contributed by atoms with Gasteiger partial charge in [-0.25, -0.2) is 8.42 Å². The molecule has 1 radical (unpaired) electrons. The zero-order chi connectivity index (χ0) is 23.8. The summed E-state index contributed by atoms with van der Waals surface area (Å²) in [6.07, 6.45) is 2.55. The third kappa shape index (κ3) is 4.92. The summed E-state index contributed by atoms with van der Waals surface area (Å²) in [4.78, 5) is 12.0. The van der Waals surface area contributed by atoms with Gasteiger partial charge in [-0.2, -0.15) is 0 Å². The Hall–Kier alpha value is -2.83. The van der Waals surface area contributed by atoms with Gasteiger partial charge in [0.05, 0.1) is 31.4 Å². The van der Waals surface area contributed by atoms with Crippen molar-refractivity contribution in [1.29, 1.82) is 0 Å². The standard InChI is InChI=1S/C21H27N4O7S/c1-21(2,28)20(27)22-11-15-12-25(16-5-3-4-6-17(16)32-15)33(29,30)18-13-24(14-7-8-14)23-19(18)31-10-9-26/h4-6,13-15,26,28H,7-12H2,1-2H3,(H,22,27)/t15-/m0/s1. The van der Waals surface area contributed by atoms with Crippen molar-refractivity contribution in [3.8, 4) is 11.6 Å². The number of anilines is 1. The van der Waals surface area contributed by atoms with Crippen molar-refractivity contribution < 1.29 is 32.9 Å². The van der Waals surface area contributed by atoms with Crippen molar-refractivity contribution in [2.45, 2.75) is 49.3 Å². The van der Waals surface area contributed by atoms with E-state index >= 15 is 0 Å². The Morgan fingerprint density at radius 1 is 1.42 bits per heavy atom. The molecule has 0 bridgehead atoms. The average molecular weight is 480 g/mol. The molecule has 1 aromatic heterocycles. The van der Waals surface area contributed by atoms with E-state index in [4.69, 9.17) is 14.6 Å². The number of ether oxygens (including phenoxy) is 2. The lowest BCUT2D eigenvalue weighted by molar-refractivity contribution is -0.136. The number of aliphatic hydroxyl groups is 2. The Balaban J connectivity index is 1.65. The molecule has 3 N–H and O–H groups in total. The highest BCUT2D eigenvalue weighted by Gasteiger charge is 2.39. The predicted molar refractivity (Wildman–Crippen MR) is 117 cm³/mol. The highest BCUT2D eigenvalue weighted by molar-refractivity contribution is 7.93. The number of hydrogen-bond donors (Lipinski definition) is 3. The normalized spacial score (nSPS) is 18.4. The van der Waals surface area contributed by atoms with Gasteiger partial charge in [-0.05, 0) is 44.9 Å². The lowest BCUT2D eigenvalue weighted by Crippen LogP contribution is -2.51. The van der Waals surface area contributed by atoms with Crippen molar-refractivity contribution in [1.82, 2.24) is 15.1 Å². The summed E-state index contributed by atoms with van der Waals surface area (Å²) in [5, 5.41) is 25.9. The highest BCUT2D eigenvalue weighted by atomic mass is 32.2. The number of amides is 1. The second-order valence-electron chi connectivity index (χ2n) is 8.52. The van der Waals surface area contributed by atoms with Gasteiger partial charge in [-0.3, -0.25) is 13.8 Å². The number of aliphatic hydroxyl groups excluding tert-OH is 1. The van der Waals surface area contributed by atoms with E-state index in [2.05, 4.69) is 16.5 Å². The summed E-state index contributed by atoms with van der Waals surface area (Å²) in [6.45, 7) is 2.24. The first-order chi connectivity index (χ1) is 15.6. The van der Waals surface area contributed by atoms with Gasteiger partial charge >= 0.3 is 0 Å². The average Bonchev–Trinajstić information content (AvgIpc) is 3.53. The fourth-order valence-electron chi connectivity index (χ4n) is 3.38. The Labute approximate surface area is 192 Å². The van der Waals surface area contributed by atoms with E-state index in [-0.39, 0.29) is 43.1 Å². The summed E-state index contributed by atoms with van der Waals surface area (Å²) in [6, 6.07) is 7.70. The van der Waals surface area contributed by atoms with Crippen LogP contribution < -0.4 is 19.1 Å². The first-order valence-electron chi connectivity index (χ1n) is 10.6. The minimum absolute atomic E-state index is 0.0118.